The van der Waals surface area contributed by atoms with Gasteiger partial charge in [0.15, 0.2) is 6.10 Å². The maximum absolute atomic E-state index is 13.3. The van der Waals surface area contributed by atoms with Crippen molar-refractivity contribution in [1.82, 2.24) is 0 Å². The normalized spacial score (nSPS) is 14.0. The number of ketones is 1. The van der Waals surface area contributed by atoms with Crippen LogP contribution < -0.4 is 10.4 Å². The second kappa shape index (κ2) is 8.64. The lowest BCUT2D eigenvalue weighted by molar-refractivity contribution is 0.0792. The number of hydrogen-bond acceptors (Lipinski definition) is 4. The molecule has 0 bridgehead atoms. The van der Waals surface area contributed by atoms with Gasteiger partial charge in [0.05, 0.1) is 0 Å². The summed E-state index contributed by atoms with van der Waals surface area (Å²) in [5.41, 5.74) is 3.31. The van der Waals surface area contributed by atoms with Gasteiger partial charge in [-0.3, -0.25) is 4.79 Å². The van der Waals surface area contributed by atoms with Crippen molar-refractivity contribution in [2.24, 2.45) is 0 Å². The average Bonchev–Trinajstić information content (AvgIpc) is 2.83. The summed E-state index contributed by atoms with van der Waals surface area (Å²) in [6.45, 7) is 0. The highest BCUT2D eigenvalue weighted by atomic mass is 35.5. The smallest absolute Gasteiger partial charge is 0.339 e. The van der Waals surface area contributed by atoms with Gasteiger partial charge < -0.3 is 9.15 Å². The number of ether oxygens (including phenoxy) is 1. The summed E-state index contributed by atoms with van der Waals surface area (Å²) in [7, 11) is 0. The first-order valence-electron chi connectivity index (χ1n) is 10.7. The second-order valence-electron chi connectivity index (χ2n) is 7.99. The Morgan fingerprint density at radius 3 is 2.38 bits per heavy atom. The van der Waals surface area contributed by atoms with Gasteiger partial charge in [-0.25, -0.2) is 4.79 Å². The number of carbonyl (C=O) groups is 1. The van der Waals surface area contributed by atoms with Crippen LogP contribution in [0.15, 0.2) is 82.0 Å². The molecular formula is C27H21ClO4. The van der Waals surface area contributed by atoms with E-state index in [1.165, 1.54) is 0 Å². The monoisotopic (exact) mass is 444 g/mol. The third-order valence-electron chi connectivity index (χ3n) is 5.92. The van der Waals surface area contributed by atoms with Crippen LogP contribution >= 0.6 is 11.6 Å². The van der Waals surface area contributed by atoms with Gasteiger partial charge in [-0.15, -0.1) is 0 Å². The molecule has 0 fully saturated rings. The molecule has 3 aromatic carbocycles. The first kappa shape index (κ1) is 20.5. The van der Waals surface area contributed by atoms with E-state index in [-0.39, 0.29) is 11.4 Å². The number of rotatable bonds is 5. The van der Waals surface area contributed by atoms with Crippen molar-refractivity contribution in [2.45, 2.75) is 31.8 Å². The highest BCUT2D eigenvalue weighted by Gasteiger charge is 2.25. The van der Waals surface area contributed by atoms with Crippen molar-refractivity contribution in [3.05, 3.63) is 110 Å². The fraction of sp³-hybridized carbons (Fsp3) is 0.185. The lowest BCUT2D eigenvalue weighted by Gasteiger charge is -2.20. The quantitative estimate of drug-likeness (QED) is 0.266. The predicted octanol–water partition coefficient (Wildman–Crippen LogP) is 6.33. The molecule has 1 aliphatic rings. The summed E-state index contributed by atoms with van der Waals surface area (Å²) in [6, 6.07) is 21.6. The van der Waals surface area contributed by atoms with E-state index >= 15 is 0 Å². The molecule has 0 aliphatic heterocycles. The molecule has 0 spiro atoms. The van der Waals surface area contributed by atoms with Gasteiger partial charge in [0.1, 0.15) is 11.3 Å². The summed E-state index contributed by atoms with van der Waals surface area (Å²) in [5.74, 6) is 0.285. The fourth-order valence-corrected chi connectivity index (χ4v) is 4.43. The van der Waals surface area contributed by atoms with E-state index in [2.05, 4.69) is 0 Å². The molecule has 5 rings (SSSR count). The Morgan fingerprint density at radius 2 is 1.62 bits per heavy atom. The average molecular weight is 445 g/mol. The van der Waals surface area contributed by atoms with Gasteiger partial charge >= 0.3 is 5.63 Å². The number of Topliss-reactive ketones (excluding diaryl/α,β-unsaturated/α-hetero) is 1. The van der Waals surface area contributed by atoms with Gasteiger partial charge in [-0.05, 0) is 67.6 Å². The Kier molecular flexibility index (Phi) is 5.54. The van der Waals surface area contributed by atoms with Crippen molar-refractivity contribution in [2.75, 3.05) is 0 Å². The Bertz CT molecular complexity index is 1340. The molecule has 0 radical (unpaired) electrons. The minimum absolute atomic E-state index is 0.181. The zero-order valence-electron chi connectivity index (χ0n) is 17.3. The number of aryl methyl sites for hydroxylation is 1. The minimum Gasteiger partial charge on any atom is -0.477 e. The second-order valence-corrected chi connectivity index (χ2v) is 8.43. The summed E-state index contributed by atoms with van der Waals surface area (Å²) in [5, 5.41) is 1.50. The molecule has 0 N–H and O–H groups in total. The molecule has 160 valence electrons. The van der Waals surface area contributed by atoms with Gasteiger partial charge in [-0.1, -0.05) is 41.9 Å². The molecule has 1 heterocycles. The SMILES string of the molecule is O=C(c1ccc(Cl)cc1)C(Oc1ccc2c3c(c(=O)oc2c1)CCCC3)c1ccccc1. The summed E-state index contributed by atoms with van der Waals surface area (Å²) >= 11 is 5.98. The van der Waals surface area contributed by atoms with Crippen LogP contribution in [0, 0.1) is 0 Å². The molecule has 32 heavy (non-hydrogen) atoms. The fourth-order valence-electron chi connectivity index (χ4n) is 4.30. The number of benzene rings is 3. The Morgan fingerprint density at radius 1 is 0.906 bits per heavy atom. The lowest BCUT2D eigenvalue weighted by Crippen LogP contribution is -2.19. The largest absolute Gasteiger partial charge is 0.477 e. The van der Waals surface area contributed by atoms with E-state index in [1.54, 1.807) is 30.3 Å². The molecule has 0 saturated carbocycles. The summed E-state index contributed by atoms with van der Waals surface area (Å²) in [6.07, 6.45) is 2.86. The van der Waals surface area contributed by atoms with Crippen LogP contribution in [0.25, 0.3) is 11.0 Å². The maximum Gasteiger partial charge on any atom is 0.339 e. The van der Waals surface area contributed by atoms with Crippen LogP contribution in [0.2, 0.25) is 5.02 Å². The molecule has 4 aromatic rings. The van der Waals surface area contributed by atoms with E-state index in [9.17, 15) is 9.59 Å². The number of fused-ring (bicyclic) bond motifs is 3. The molecule has 1 unspecified atom stereocenters. The topological polar surface area (TPSA) is 56.5 Å². The molecule has 1 aromatic heterocycles. The van der Waals surface area contributed by atoms with Gasteiger partial charge in [-0.2, -0.15) is 0 Å². The third kappa shape index (κ3) is 3.94. The first-order chi connectivity index (χ1) is 15.6. The first-order valence-corrected chi connectivity index (χ1v) is 11.1. The van der Waals surface area contributed by atoms with E-state index < -0.39 is 6.10 Å². The Hall–Kier alpha value is -3.37. The zero-order valence-corrected chi connectivity index (χ0v) is 18.1. The van der Waals surface area contributed by atoms with E-state index in [0.717, 1.165) is 47.8 Å². The van der Waals surface area contributed by atoms with Crippen molar-refractivity contribution in [3.63, 3.8) is 0 Å². The van der Waals surface area contributed by atoms with Crippen LogP contribution in [0.4, 0.5) is 0 Å². The van der Waals surface area contributed by atoms with Crippen molar-refractivity contribution in [3.8, 4) is 5.75 Å². The number of halogens is 1. The molecule has 4 nitrogen and oxygen atoms in total. The van der Waals surface area contributed by atoms with Gasteiger partial charge in [0.2, 0.25) is 5.78 Å². The van der Waals surface area contributed by atoms with Crippen LogP contribution in [0.1, 0.15) is 46.0 Å². The van der Waals surface area contributed by atoms with Crippen molar-refractivity contribution in [1.29, 1.82) is 0 Å². The van der Waals surface area contributed by atoms with E-state index in [4.69, 9.17) is 20.8 Å². The third-order valence-corrected chi connectivity index (χ3v) is 6.17. The zero-order chi connectivity index (χ0) is 22.1. The van der Waals surface area contributed by atoms with Crippen LogP contribution in [-0.2, 0) is 12.8 Å². The highest BCUT2D eigenvalue weighted by Crippen LogP contribution is 2.32. The Balaban J connectivity index is 1.54. The molecule has 1 aliphatic carbocycles. The number of carbonyl (C=O) groups excluding carboxylic acids is 1. The minimum atomic E-state index is -0.848. The van der Waals surface area contributed by atoms with Crippen molar-refractivity contribution >= 4 is 28.4 Å². The van der Waals surface area contributed by atoms with Crippen LogP contribution in [0.5, 0.6) is 5.75 Å². The standard InChI is InChI=1S/C27H21ClO4/c28-19-12-10-17(11-13-19)25(29)26(18-6-2-1-3-7-18)31-20-14-15-22-21-8-4-5-9-23(21)27(30)32-24(22)16-20/h1-3,6-7,10-16,26H,4-5,8-9H2. The molecule has 5 heteroatoms. The summed E-state index contributed by atoms with van der Waals surface area (Å²) in [4.78, 5) is 25.8. The van der Waals surface area contributed by atoms with Crippen LogP contribution in [0.3, 0.4) is 0 Å². The Labute approximate surface area is 190 Å². The van der Waals surface area contributed by atoms with Crippen LogP contribution in [-0.4, -0.2) is 5.78 Å². The van der Waals surface area contributed by atoms with Gasteiger partial charge in [0, 0.05) is 33.2 Å². The van der Waals surface area contributed by atoms with E-state index in [1.807, 2.05) is 42.5 Å². The lowest BCUT2D eigenvalue weighted by atomic mass is 9.91. The summed E-state index contributed by atoms with van der Waals surface area (Å²) < 4.78 is 11.8. The molecule has 0 amide bonds. The van der Waals surface area contributed by atoms with Gasteiger partial charge in [0.25, 0.3) is 0 Å². The molecular weight excluding hydrogens is 424 g/mol. The highest BCUT2D eigenvalue weighted by molar-refractivity contribution is 6.30. The number of hydrogen-bond donors (Lipinski definition) is 0. The predicted molar refractivity (Wildman–Crippen MR) is 125 cm³/mol. The van der Waals surface area contributed by atoms with Crippen molar-refractivity contribution < 1.29 is 13.9 Å². The molecule has 0 saturated heterocycles. The molecule has 1 atom stereocenters. The van der Waals surface area contributed by atoms with E-state index in [0.29, 0.717) is 21.9 Å². The maximum atomic E-state index is 13.3.